The lowest BCUT2D eigenvalue weighted by molar-refractivity contribution is -0.122. The molecular formula is C14H22N2OS. The van der Waals surface area contributed by atoms with Crippen LogP contribution in [0.1, 0.15) is 47.9 Å². The number of hydrogen-bond donors (Lipinski definition) is 2. The molecule has 1 aliphatic rings. The van der Waals surface area contributed by atoms with Crippen LogP contribution in [0.25, 0.3) is 0 Å². The first-order chi connectivity index (χ1) is 8.70. The van der Waals surface area contributed by atoms with Crippen molar-refractivity contribution in [1.82, 2.24) is 5.32 Å². The van der Waals surface area contributed by atoms with Gasteiger partial charge in [-0.15, -0.1) is 11.3 Å². The number of carbonyl (C=O) groups is 1. The van der Waals surface area contributed by atoms with E-state index in [9.17, 15) is 4.79 Å². The van der Waals surface area contributed by atoms with E-state index < -0.39 is 0 Å². The summed E-state index contributed by atoms with van der Waals surface area (Å²) in [6.07, 6.45) is 6.58. The Bertz CT molecular complexity index is 392. The van der Waals surface area contributed by atoms with Gasteiger partial charge in [-0.2, -0.15) is 0 Å². The number of carbonyl (C=O) groups excluding carboxylic acids is 1. The summed E-state index contributed by atoms with van der Waals surface area (Å²) in [6, 6.07) is 1.89. The second-order valence-corrected chi connectivity index (χ2v) is 6.20. The van der Waals surface area contributed by atoms with Crippen molar-refractivity contribution in [3.8, 4) is 0 Å². The standard InChI is InChI=1S/C14H22N2OS/c1-2-3-6-12(15)14(17)16-9-11-8-10-5-4-7-13(10)18-11/h8,12H,2-7,9,15H2,1H3,(H,16,17)/t12-/m0/s1. The summed E-state index contributed by atoms with van der Waals surface area (Å²) in [6.45, 7) is 2.74. The average molecular weight is 266 g/mol. The van der Waals surface area contributed by atoms with E-state index in [0.717, 1.165) is 19.3 Å². The zero-order chi connectivity index (χ0) is 13.0. The number of amides is 1. The molecule has 0 saturated heterocycles. The summed E-state index contributed by atoms with van der Waals surface area (Å²) in [5.41, 5.74) is 7.32. The molecule has 0 radical (unpaired) electrons. The third-order valence-corrected chi connectivity index (χ3v) is 4.68. The summed E-state index contributed by atoms with van der Waals surface area (Å²) in [5.74, 6) is -0.0167. The van der Waals surface area contributed by atoms with Crippen molar-refractivity contribution >= 4 is 17.2 Å². The highest BCUT2D eigenvalue weighted by molar-refractivity contribution is 7.12. The Balaban J connectivity index is 1.78. The second kappa shape index (κ2) is 6.34. The molecule has 0 bridgehead atoms. The third kappa shape index (κ3) is 3.33. The number of thiophene rings is 1. The Labute approximate surface area is 113 Å². The van der Waals surface area contributed by atoms with Crippen LogP contribution in [0.15, 0.2) is 6.07 Å². The fourth-order valence-corrected chi connectivity index (χ4v) is 3.54. The van der Waals surface area contributed by atoms with Gasteiger partial charge in [0.1, 0.15) is 0 Å². The highest BCUT2D eigenvalue weighted by Gasteiger charge is 2.16. The Morgan fingerprint density at radius 1 is 1.56 bits per heavy atom. The van der Waals surface area contributed by atoms with Gasteiger partial charge in [-0.25, -0.2) is 0 Å². The van der Waals surface area contributed by atoms with Gasteiger partial charge in [-0.05, 0) is 37.3 Å². The molecule has 0 unspecified atom stereocenters. The predicted octanol–water partition coefficient (Wildman–Crippen LogP) is 2.37. The van der Waals surface area contributed by atoms with Crippen molar-refractivity contribution in [3.63, 3.8) is 0 Å². The molecule has 1 aliphatic carbocycles. The molecule has 100 valence electrons. The lowest BCUT2D eigenvalue weighted by Crippen LogP contribution is -2.40. The zero-order valence-corrected chi connectivity index (χ0v) is 11.8. The highest BCUT2D eigenvalue weighted by atomic mass is 32.1. The molecule has 0 spiro atoms. The van der Waals surface area contributed by atoms with Crippen molar-refractivity contribution in [2.75, 3.05) is 0 Å². The number of unbranched alkanes of at least 4 members (excludes halogenated alkanes) is 1. The van der Waals surface area contributed by atoms with Gasteiger partial charge in [0.25, 0.3) is 0 Å². The molecular weight excluding hydrogens is 244 g/mol. The van der Waals surface area contributed by atoms with Crippen LogP contribution in [-0.4, -0.2) is 11.9 Å². The highest BCUT2D eigenvalue weighted by Crippen LogP contribution is 2.30. The number of hydrogen-bond acceptors (Lipinski definition) is 3. The van der Waals surface area contributed by atoms with Gasteiger partial charge in [-0.3, -0.25) is 4.79 Å². The minimum absolute atomic E-state index is 0.0167. The number of nitrogens with one attached hydrogen (secondary N) is 1. The van der Waals surface area contributed by atoms with E-state index in [1.54, 1.807) is 0 Å². The summed E-state index contributed by atoms with van der Waals surface area (Å²) < 4.78 is 0. The summed E-state index contributed by atoms with van der Waals surface area (Å²) in [7, 11) is 0. The largest absolute Gasteiger partial charge is 0.350 e. The van der Waals surface area contributed by atoms with Crippen LogP contribution < -0.4 is 11.1 Å². The molecule has 18 heavy (non-hydrogen) atoms. The third-order valence-electron chi connectivity index (χ3n) is 3.44. The van der Waals surface area contributed by atoms with E-state index in [1.165, 1.54) is 34.6 Å². The number of aryl methyl sites for hydroxylation is 2. The van der Waals surface area contributed by atoms with Crippen LogP contribution in [0.4, 0.5) is 0 Å². The molecule has 0 saturated carbocycles. The molecule has 2 rings (SSSR count). The van der Waals surface area contributed by atoms with Crippen molar-refractivity contribution < 1.29 is 4.79 Å². The molecule has 4 heteroatoms. The smallest absolute Gasteiger partial charge is 0.237 e. The van der Waals surface area contributed by atoms with Gasteiger partial charge in [0, 0.05) is 9.75 Å². The van der Waals surface area contributed by atoms with Crippen molar-refractivity contribution in [3.05, 3.63) is 21.4 Å². The first-order valence-corrected chi connectivity index (χ1v) is 7.66. The molecule has 0 aromatic carbocycles. The van der Waals surface area contributed by atoms with E-state index in [-0.39, 0.29) is 11.9 Å². The number of rotatable bonds is 6. The van der Waals surface area contributed by atoms with Gasteiger partial charge < -0.3 is 11.1 Å². The zero-order valence-electron chi connectivity index (χ0n) is 11.0. The molecule has 1 aromatic rings. The van der Waals surface area contributed by atoms with Crippen molar-refractivity contribution in [2.24, 2.45) is 5.73 Å². The minimum Gasteiger partial charge on any atom is -0.350 e. The topological polar surface area (TPSA) is 55.1 Å². The Kier molecular flexibility index (Phi) is 4.78. The van der Waals surface area contributed by atoms with Crippen LogP contribution in [0.2, 0.25) is 0 Å². The fraction of sp³-hybridized carbons (Fsp3) is 0.643. The Morgan fingerprint density at radius 3 is 3.11 bits per heavy atom. The maximum absolute atomic E-state index is 11.8. The minimum atomic E-state index is -0.350. The molecule has 1 amide bonds. The quantitative estimate of drug-likeness (QED) is 0.830. The molecule has 3 nitrogen and oxygen atoms in total. The van der Waals surface area contributed by atoms with E-state index in [2.05, 4.69) is 18.3 Å². The predicted molar refractivity (Wildman–Crippen MR) is 75.7 cm³/mol. The van der Waals surface area contributed by atoms with Gasteiger partial charge in [0.2, 0.25) is 5.91 Å². The van der Waals surface area contributed by atoms with Gasteiger partial charge >= 0.3 is 0 Å². The van der Waals surface area contributed by atoms with Crippen LogP contribution in [0, 0.1) is 0 Å². The van der Waals surface area contributed by atoms with Crippen molar-refractivity contribution in [1.29, 1.82) is 0 Å². The first-order valence-electron chi connectivity index (χ1n) is 6.84. The molecule has 0 aliphatic heterocycles. The fourth-order valence-electron chi connectivity index (χ4n) is 2.34. The molecule has 1 atom stereocenters. The van der Waals surface area contributed by atoms with E-state index >= 15 is 0 Å². The summed E-state index contributed by atoms with van der Waals surface area (Å²) in [5, 5.41) is 2.94. The molecule has 3 N–H and O–H groups in total. The molecule has 1 aromatic heterocycles. The first kappa shape index (κ1) is 13.6. The number of nitrogens with two attached hydrogens (primary N) is 1. The van der Waals surface area contributed by atoms with E-state index in [1.807, 2.05) is 11.3 Å². The Hall–Kier alpha value is -0.870. The normalized spacial score (nSPS) is 15.4. The van der Waals surface area contributed by atoms with Crippen LogP contribution in [-0.2, 0) is 24.2 Å². The van der Waals surface area contributed by atoms with Gasteiger partial charge in [0.15, 0.2) is 0 Å². The van der Waals surface area contributed by atoms with E-state index in [4.69, 9.17) is 5.73 Å². The second-order valence-electron chi connectivity index (χ2n) is 4.98. The van der Waals surface area contributed by atoms with Gasteiger partial charge in [0.05, 0.1) is 12.6 Å². The van der Waals surface area contributed by atoms with Crippen LogP contribution in [0.5, 0.6) is 0 Å². The van der Waals surface area contributed by atoms with E-state index in [0.29, 0.717) is 6.54 Å². The summed E-state index contributed by atoms with van der Waals surface area (Å²) >= 11 is 1.84. The van der Waals surface area contributed by atoms with Crippen LogP contribution in [0.3, 0.4) is 0 Å². The number of fused-ring (bicyclic) bond motifs is 1. The monoisotopic (exact) mass is 266 g/mol. The maximum atomic E-state index is 11.8. The Morgan fingerprint density at radius 2 is 2.39 bits per heavy atom. The maximum Gasteiger partial charge on any atom is 0.237 e. The molecule has 1 heterocycles. The lowest BCUT2D eigenvalue weighted by atomic mass is 10.1. The van der Waals surface area contributed by atoms with Crippen molar-refractivity contribution in [2.45, 2.75) is 58.0 Å². The SMILES string of the molecule is CCCC[C@H](N)C(=O)NCc1cc2c(s1)CCC2. The van der Waals surface area contributed by atoms with Crippen LogP contribution >= 0.6 is 11.3 Å². The average Bonchev–Trinajstić information content (AvgIpc) is 2.93. The van der Waals surface area contributed by atoms with Gasteiger partial charge in [-0.1, -0.05) is 19.8 Å². The molecule has 0 fully saturated rings. The lowest BCUT2D eigenvalue weighted by Gasteiger charge is -2.10. The summed E-state index contributed by atoms with van der Waals surface area (Å²) in [4.78, 5) is 14.5.